The number of hydrogen-bond acceptors (Lipinski definition) is 1. The fraction of sp³-hybridized carbons (Fsp3) is 0.778. The third kappa shape index (κ3) is 4.44. The van der Waals surface area contributed by atoms with E-state index in [1.54, 1.807) is 19.9 Å². The van der Waals surface area contributed by atoms with Gasteiger partial charge in [-0.25, -0.2) is 0 Å². The average Bonchev–Trinajstić information content (AvgIpc) is 1.87. The van der Waals surface area contributed by atoms with Crippen LogP contribution in [0.4, 0.5) is 0 Å². The van der Waals surface area contributed by atoms with E-state index in [1.165, 1.54) is 0 Å². The molecule has 0 radical (unpaired) electrons. The predicted molar refractivity (Wildman–Crippen MR) is 49.9 cm³/mol. The third-order valence-corrected chi connectivity index (χ3v) is 2.11. The minimum atomic E-state index is -0.659. The fourth-order valence-corrected chi connectivity index (χ4v) is 1.21. The Kier molecular flexibility index (Phi) is 4.78. The van der Waals surface area contributed by atoms with Gasteiger partial charge in [0.25, 0.3) is 0 Å². The standard InChI is InChI=1S/C9H17ClO/c1-4-8(6-5-7-10)9(2,3)11/h4,8,11H,1,5-7H2,2-3H3. The Morgan fingerprint density at radius 1 is 1.64 bits per heavy atom. The Balaban J connectivity index is 3.86. The highest BCUT2D eigenvalue weighted by molar-refractivity contribution is 6.17. The normalized spacial score (nSPS) is 14.5. The van der Waals surface area contributed by atoms with Crippen molar-refractivity contribution in [2.24, 2.45) is 5.92 Å². The first kappa shape index (κ1) is 11.0. The van der Waals surface area contributed by atoms with E-state index in [9.17, 15) is 5.11 Å². The lowest BCUT2D eigenvalue weighted by molar-refractivity contribution is 0.0336. The molecule has 0 aliphatic heterocycles. The van der Waals surface area contributed by atoms with Crippen molar-refractivity contribution in [1.29, 1.82) is 0 Å². The average molecular weight is 177 g/mol. The summed E-state index contributed by atoms with van der Waals surface area (Å²) in [4.78, 5) is 0. The van der Waals surface area contributed by atoms with Crippen LogP contribution in [-0.2, 0) is 0 Å². The second-order valence-corrected chi connectivity index (χ2v) is 3.71. The molecule has 0 saturated carbocycles. The monoisotopic (exact) mass is 176 g/mol. The zero-order valence-electron chi connectivity index (χ0n) is 7.31. The maximum absolute atomic E-state index is 9.59. The van der Waals surface area contributed by atoms with Crippen molar-refractivity contribution in [1.82, 2.24) is 0 Å². The van der Waals surface area contributed by atoms with E-state index in [2.05, 4.69) is 6.58 Å². The van der Waals surface area contributed by atoms with Crippen molar-refractivity contribution in [3.05, 3.63) is 12.7 Å². The van der Waals surface area contributed by atoms with Gasteiger partial charge in [0.05, 0.1) is 5.60 Å². The van der Waals surface area contributed by atoms with E-state index in [4.69, 9.17) is 11.6 Å². The molecule has 0 heterocycles. The van der Waals surface area contributed by atoms with Gasteiger partial charge in [-0.1, -0.05) is 6.08 Å². The number of aliphatic hydroxyl groups is 1. The molecule has 0 aromatic carbocycles. The van der Waals surface area contributed by atoms with Crippen LogP contribution in [-0.4, -0.2) is 16.6 Å². The third-order valence-electron chi connectivity index (χ3n) is 1.84. The molecule has 0 aromatic rings. The van der Waals surface area contributed by atoms with Crippen molar-refractivity contribution in [3.8, 4) is 0 Å². The van der Waals surface area contributed by atoms with E-state index in [0.717, 1.165) is 12.8 Å². The molecular formula is C9H17ClO. The molecule has 0 saturated heterocycles. The zero-order chi connectivity index (χ0) is 8.91. The minimum Gasteiger partial charge on any atom is -0.390 e. The molecule has 0 rings (SSSR count). The lowest BCUT2D eigenvalue weighted by atomic mass is 9.87. The SMILES string of the molecule is C=CC(CCCCl)C(C)(C)O. The zero-order valence-corrected chi connectivity index (χ0v) is 8.06. The van der Waals surface area contributed by atoms with E-state index >= 15 is 0 Å². The fourth-order valence-electron chi connectivity index (χ4n) is 1.06. The van der Waals surface area contributed by atoms with Crippen LogP contribution in [0.3, 0.4) is 0 Å². The second-order valence-electron chi connectivity index (χ2n) is 3.33. The predicted octanol–water partition coefficient (Wildman–Crippen LogP) is 2.58. The van der Waals surface area contributed by atoms with Crippen molar-refractivity contribution < 1.29 is 5.11 Å². The molecule has 0 aliphatic carbocycles. The topological polar surface area (TPSA) is 20.2 Å². The summed E-state index contributed by atoms with van der Waals surface area (Å²) in [6.07, 6.45) is 3.64. The molecule has 1 unspecified atom stereocenters. The van der Waals surface area contributed by atoms with Gasteiger partial charge in [-0.05, 0) is 26.7 Å². The smallest absolute Gasteiger partial charge is 0.0653 e. The van der Waals surface area contributed by atoms with Gasteiger partial charge >= 0.3 is 0 Å². The van der Waals surface area contributed by atoms with Crippen LogP contribution < -0.4 is 0 Å². The summed E-state index contributed by atoms with van der Waals surface area (Å²) in [5.41, 5.74) is -0.659. The summed E-state index contributed by atoms with van der Waals surface area (Å²) < 4.78 is 0. The Morgan fingerprint density at radius 2 is 2.18 bits per heavy atom. The largest absolute Gasteiger partial charge is 0.390 e. The van der Waals surface area contributed by atoms with E-state index in [1.807, 2.05) is 0 Å². The molecule has 0 spiro atoms. The highest BCUT2D eigenvalue weighted by Gasteiger charge is 2.22. The highest BCUT2D eigenvalue weighted by atomic mass is 35.5. The Hall–Kier alpha value is -0.0100. The van der Waals surface area contributed by atoms with E-state index in [-0.39, 0.29) is 5.92 Å². The summed E-state index contributed by atoms with van der Waals surface area (Å²) in [6, 6.07) is 0. The van der Waals surface area contributed by atoms with Crippen LogP contribution >= 0.6 is 11.6 Å². The van der Waals surface area contributed by atoms with Gasteiger partial charge in [0.2, 0.25) is 0 Å². The van der Waals surface area contributed by atoms with Crippen molar-refractivity contribution in [3.63, 3.8) is 0 Å². The first-order valence-electron chi connectivity index (χ1n) is 3.93. The molecule has 0 aromatic heterocycles. The maximum Gasteiger partial charge on any atom is 0.0653 e. The Morgan fingerprint density at radius 3 is 2.45 bits per heavy atom. The summed E-state index contributed by atoms with van der Waals surface area (Å²) in [5.74, 6) is 0.807. The lowest BCUT2D eigenvalue weighted by Crippen LogP contribution is -2.29. The number of halogens is 1. The highest BCUT2D eigenvalue weighted by Crippen LogP contribution is 2.22. The van der Waals surface area contributed by atoms with Crippen LogP contribution in [0.1, 0.15) is 26.7 Å². The van der Waals surface area contributed by atoms with Gasteiger partial charge < -0.3 is 5.11 Å². The molecule has 66 valence electrons. The second kappa shape index (κ2) is 4.78. The molecule has 11 heavy (non-hydrogen) atoms. The Bertz CT molecular complexity index is 115. The van der Waals surface area contributed by atoms with Gasteiger partial charge in [0.15, 0.2) is 0 Å². The van der Waals surface area contributed by atoms with Crippen LogP contribution in [0.15, 0.2) is 12.7 Å². The van der Waals surface area contributed by atoms with Crippen LogP contribution in [0.25, 0.3) is 0 Å². The summed E-state index contributed by atoms with van der Waals surface area (Å²) in [6.45, 7) is 7.28. The van der Waals surface area contributed by atoms with Crippen LogP contribution in [0.2, 0.25) is 0 Å². The molecule has 2 heteroatoms. The molecule has 0 fully saturated rings. The summed E-state index contributed by atoms with van der Waals surface area (Å²) >= 11 is 5.54. The molecule has 0 bridgehead atoms. The van der Waals surface area contributed by atoms with Gasteiger partial charge in [-0.15, -0.1) is 18.2 Å². The molecule has 1 nitrogen and oxygen atoms in total. The Labute approximate surface area is 74.1 Å². The van der Waals surface area contributed by atoms with Crippen molar-refractivity contribution >= 4 is 11.6 Å². The van der Waals surface area contributed by atoms with Crippen LogP contribution in [0.5, 0.6) is 0 Å². The molecule has 1 N–H and O–H groups in total. The van der Waals surface area contributed by atoms with Crippen LogP contribution in [0, 0.1) is 5.92 Å². The first-order valence-corrected chi connectivity index (χ1v) is 4.46. The minimum absolute atomic E-state index is 0.154. The van der Waals surface area contributed by atoms with Gasteiger partial charge in [-0.2, -0.15) is 0 Å². The molecule has 1 atom stereocenters. The molecule has 0 aliphatic rings. The number of hydrogen-bond donors (Lipinski definition) is 1. The first-order chi connectivity index (χ1) is 5.02. The quantitative estimate of drug-likeness (QED) is 0.505. The number of rotatable bonds is 5. The van der Waals surface area contributed by atoms with Gasteiger partial charge in [0, 0.05) is 11.8 Å². The van der Waals surface area contributed by atoms with Crippen molar-refractivity contribution in [2.75, 3.05) is 5.88 Å². The lowest BCUT2D eigenvalue weighted by Gasteiger charge is -2.26. The van der Waals surface area contributed by atoms with E-state index < -0.39 is 5.60 Å². The number of alkyl halides is 1. The van der Waals surface area contributed by atoms with E-state index in [0.29, 0.717) is 5.88 Å². The molecular weight excluding hydrogens is 160 g/mol. The van der Waals surface area contributed by atoms with Gasteiger partial charge in [0.1, 0.15) is 0 Å². The molecule has 0 amide bonds. The maximum atomic E-state index is 9.59. The summed E-state index contributed by atoms with van der Waals surface area (Å²) in [5, 5.41) is 9.59. The van der Waals surface area contributed by atoms with Gasteiger partial charge in [-0.3, -0.25) is 0 Å². The van der Waals surface area contributed by atoms with Crippen molar-refractivity contribution in [2.45, 2.75) is 32.3 Å². The summed E-state index contributed by atoms with van der Waals surface area (Å²) in [7, 11) is 0.